The van der Waals surface area contributed by atoms with Crippen LogP contribution in [0.2, 0.25) is 0 Å². The predicted molar refractivity (Wildman–Crippen MR) is 103 cm³/mol. The zero-order chi connectivity index (χ0) is 19.8. The molecule has 27 heavy (non-hydrogen) atoms. The van der Waals surface area contributed by atoms with Crippen LogP contribution in [-0.2, 0) is 11.2 Å². The number of amides is 1. The van der Waals surface area contributed by atoms with E-state index < -0.39 is 6.09 Å². The second kappa shape index (κ2) is 7.22. The average Bonchev–Trinajstić information content (AvgIpc) is 2.58. The zero-order valence-electron chi connectivity index (χ0n) is 16.2. The van der Waals surface area contributed by atoms with E-state index in [1.54, 1.807) is 6.07 Å². The van der Waals surface area contributed by atoms with Gasteiger partial charge in [-0.05, 0) is 61.1 Å². The van der Waals surface area contributed by atoms with E-state index in [9.17, 15) is 9.18 Å². The van der Waals surface area contributed by atoms with Gasteiger partial charge in [0.05, 0.1) is 6.10 Å². The molecule has 4 nitrogen and oxygen atoms in total. The maximum Gasteiger partial charge on any atom is 0.405 e. The summed E-state index contributed by atoms with van der Waals surface area (Å²) in [6.45, 7) is 7.87. The number of halogens is 1. The van der Waals surface area contributed by atoms with E-state index in [1.807, 2.05) is 38.1 Å². The molecule has 0 radical (unpaired) electrons. The van der Waals surface area contributed by atoms with Crippen LogP contribution in [-0.4, -0.2) is 12.2 Å². The fourth-order valence-electron chi connectivity index (χ4n) is 3.64. The lowest BCUT2D eigenvalue weighted by atomic mass is 9.71. The third kappa shape index (κ3) is 4.07. The maximum atomic E-state index is 14.3. The first-order chi connectivity index (χ1) is 12.7. The highest BCUT2D eigenvalue weighted by Gasteiger charge is 2.38. The van der Waals surface area contributed by atoms with E-state index in [4.69, 9.17) is 15.2 Å². The van der Waals surface area contributed by atoms with Gasteiger partial charge >= 0.3 is 6.09 Å². The molecule has 1 aliphatic carbocycles. The summed E-state index contributed by atoms with van der Waals surface area (Å²) in [5, 5.41) is 0. The molecule has 5 heteroatoms. The number of carbonyl (C=O) groups is 1. The van der Waals surface area contributed by atoms with Crippen molar-refractivity contribution in [3.05, 3.63) is 53.3 Å². The molecule has 1 aliphatic rings. The van der Waals surface area contributed by atoms with Crippen molar-refractivity contribution in [2.24, 2.45) is 11.1 Å². The Morgan fingerprint density at radius 2 is 1.85 bits per heavy atom. The molecule has 144 valence electrons. The normalized spacial score (nSPS) is 18.1. The van der Waals surface area contributed by atoms with E-state index in [0.29, 0.717) is 0 Å². The van der Waals surface area contributed by atoms with Crippen molar-refractivity contribution < 1.29 is 18.7 Å². The number of ether oxygens (including phenoxy) is 2. The van der Waals surface area contributed by atoms with Crippen LogP contribution in [0, 0.1) is 11.2 Å². The Hall–Kier alpha value is -2.56. The summed E-state index contributed by atoms with van der Waals surface area (Å²) < 4.78 is 25.2. The average molecular weight is 371 g/mol. The highest BCUT2D eigenvalue weighted by atomic mass is 19.1. The molecule has 0 saturated heterocycles. The Bertz CT molecular complexity index is 861. The minimum atomic E-state index is -0.771. The molecule has 1 atom stereocenters. The SMILES string of the molecule is CC(C)Oc1ccc(-c2ccc3c(c2)CCC(C)(C)C3OC(N)=O)cc1F. The first kappa shape index (κ1) is 19.2. The molecular formula is C22H26FNO3. The zero-order valence-corrected chi connectivity index (χ0v) is 16.2. The predicted octanol–water partition coefficient (Wildman–Crippen LogP) is 5.39. The van der Waals surface area contributed by atoms with Crippen LogP contribution in [0.3, 0.4) is 0 Å². The van der Waals surface area contributed by atoms with Gasteiger partial charge in [0.15, 0.2) is 11.6 Å². The number of primary amides is 1. The number of rotatable bonds is 4. The summed E-state index contributed by atoms with van der Waals surface area (Å²) in [5.74, 6) is -0.127. The van der Waals surface area contributed by atoms with Gasteiger partial charge in [0.25, 0.3) is 0 Å². The lowest BCUT2D eigenvalue weighted by Gasteiger charge is -2.39. The molecule has 2 aromatic rings. The molecule has 0 bridgehead atoms. The van der Waals surface area contributed by atoms with Gasteiger partial charge in [-0.25, -0.2) is 9.18 Å². The lowest BCUT2D eigenvalue weighted by Crippen LogP contribution is -2.33. The molecule has 0 spiro atoms. The standard InChI is InChI=1S/C22H26FNO3/c1-13(2)26-19-8-6-15(12-18(19)23)14-5-7-17-16(11-14)9-10-22(3,4)20(17)27-21(24)25/h5-8,11-13,20H,9-10H2,1-4H3,(H2,24,25). The van der Waals surface area contributed by atoms with Crippen LogP contribution < -0.4 is 10.5 Å². The van der Waals surface area contributed by atoms with Crippen LogP contribution in [0.4, 0.5) is 9.18 Å². The molecular weight excluding hydrogens is 345 g/mol. The Labute approximate surface area is 159 Å². The van der Waals surface area contributed by atoms with E-state index >= 15 is 0 Å². The number of fused-ring (bicyclic) bond motifs is 1. The molecule has 2 N–H and O–H groups in total. The van der Waals surface area contributed by atoms with Crippen molar-refractivity contribution in [3.8, 4) is 16.9 Å². The summed E-state index contributed by atoms with van der Waals surface area (Å²) in [4.78, 5) is 11.3. The molecule has 0 aliphatic heterocycles. The topological polar surface area (TPSA) is 61.6 Å². The van der Waals surface area contributed by atoms with Crippen LogP contribution >= 0.6 is 0 Å². The van der Waals surface area contributed by atoms with Gasteiger partial charge in [-0.3, -0.25) is 0 Å². The Balaban J connectivity index is 1.95. The van der Waals surface area contributed by atoms with Gasteiger partial charge in [-0.1, -0.05) is 38.1 Å². The smallest absolute Gasteiger partial charge is 0.405 e. The molecule has 0 heterocycles. The number of hydrogen-bond acceptors (Lipinski definition) is 3. The van der Waals surface area contributed by atoms with Gasteiger partial charge in [-0.2, -0.15) is 0 Å². The molecule has 1 amide bonds. The van der Waals surface area contributed by atoms with E-state index in [0.717, 1.165) is 35.1 Å². The Morgan fingerprint density at radius 1 is 1.19 bits per heavy atom. The Kier molecular flexibility index (Phi) is 5.13. The third-order valence-corrected chi connectivity index (χ3v) is 5.04. The van der Waals surface area contributed by atoms with Crippen LogP contribution in [0.25, 0.3) is 11.1 Å². The third-order valence-electron chi connectivity index (χ3n) is 5.04. The largest absolute Gasteiger partial charge is 0.488 e. The number of aryl methyl sites for hydroxylation is 1. The monoisotopic (exact) mass is 371 g/mol. The second-order valence-corrected chi connectivity index (χ2v) is 8.03. The van der Waals surface area contributed by atoms with Gasteiger partial charge < -0.3 is 15.2 Å². The van der Waals surface area contributed by atoms with Gasteiger partial charge in [0.2, 0.25) is 0 Å². The molecule has 3 rings (SSSR count). The first-order valence-electron chi connectivity index (χ1n) is 9.23. The van der Waals surface area contributed by atoms with Crippen molar-refractivity contribution in [1.29, 1.82) is 0 Å². The summed E-state index contributed by atoms with van der Waals surface area (Å²) >= 11 is 0. The van der Waals surface area contributed by atoms with Crippen LogP contribution in [0.15, 0.2) is 36.4 Å². The minimum Gasteiger partial charge on any atom is -0.488 e. The van der Waals surface area contributed by atoms with Crippen molar-refractivity contribution in [1.82, 2.24) is 0 Å². The fourth-order valence-corrected chi connectivity index (χ4v) is 3.64. The number of hydrogen-bond donors (Lipinski definition) is 1. The maximum absolute atomic E-state index is 14.3. The van der Waals surface area contributed by atoms with Crippen LogP contribution in [0.1, 0.15) is 51.3 Å². The van der Waals surface area contributed by atoms with Gasteiger partial charge in [-0.15, -0.1) is 0 Å². The summed E-state index contributed by atoms with van der Waals surface area (Å²) in [7, 11) is 0. The van der Waals surface area contributed by atoms with E-state index in [1.165, 1.54) is 6.07 Å². The number of nitrogens with two attached hydrogens (primary N) is 1. The summed E-state index contributed by atoms with van der Waals surface area (Å²) in [6.07, 6.45) is 0.502. The summed E-state index contributed by atoms with van der Waals surface area (Å²) in [5.41, 5.74) is 8.85. The van der Waals surface area contributed by atoms with Crippen molar-refractivity contribution in [3.63, 3.8) is 0 Å². The molecule has 2 aromatic carbocycles. The van der Waals surface area contributed by atoms with Crippen molar-refractivity contribution in [2.75, 3.05) is 0 Å². The van der Waals surface area contributed by atoms with Crippen molar-refractivity contribution in [2.45, 2.75) is 52.7 Å². The minimum absolute atomic E-state index is 0.0837. The van der Waals surface area contributed by atoms with Crippen molar-refractivity contribution >= 4 is 6.09 Å². The molecule has 0 saturated carbocycles. The summed E-state index contributed by atoms with van der Waals surface area (Å²) in [6, 6.07) is 10.9. The lowest BCUT2D eigenvalue weighted by molar-refractivity contribution is 0.0147. The van der Waals surface area contributed by atoms with Crippen LogP contribution in [0.5, 0.6) is 5.75 Å². The molecule has 0 fully saturated rings. The molecule has 0 aromatic heterocycles. The van der Waals surface area contributed by atoms with Gasteiger partial charge in [0.1, 0.15) is 6.10 Å². The van der Waals surface area contributed by atoms with E-state index in [2.05, 4.69) is 13.8 Å². The highest BCUT2D eigenvalue weighted by Crippen LogP contribution is 2.46. The number of carbonyl (C=O) groups excluding carboxylic acids is 1. The number of benzene rings is 2. The molecule has 1 unspecified atom stereocenters. The quantitative estimate of drug-likeness (QED) is 0.784. The first-order valence-corrected chi connectivity index (χ1v) is 9.23. The fraction of sp³-hybridized carbons (Fsp3) is 0.409. The Morgan fingerprint density at radius 3 is 2.48 bits per heavy atom. The second-order valence-electron chi connectivity index (χ2n) is 8.03. The van der Waals surface area contributed by atoms with E-state index in [-0.39, 0.29) is 29.2 Å². The highest BCUT2D eigenvalue weighted by molar-refractivity contribution is 5.67. The van der Waals surface area contributed by atoms with Gasteiger partial charge in [0, 0.05) is 5.41 Å².